The van der Waals surface area contributed by atoms with Crippen LogP contribution in [0.1, 0.15) is 10.4 Å². The molecule has 33 heavy (non-hydrogen) atoms. The Labute approximate surface area is 191 Å². The molecule has 0 aromatic heterocycles. The van der Waals surface area contributed by atoms with Crippen LogP contribution in [0, 0.1) is 17.5 Å². The van der Waals surface area contributed by atoms with Crippen molar-refractivity contribution in [3.05, 3.63) is 88.7 Å². The van der Waals surface area contributed by atoms with Crippen molar-refractivity contribution < 1.29 is 35.9 Å². The summed E-state index contributed by atoms with van der Waals surface area (Å²) in [5, 5.41) is 2.35. The average molecular weight is 499 g/mol. The summed E-state index contributed by atoms with van der Waals surface area (Å²) in [5.74, 6) is -5.10. The highest BCUT2D eigenvalue weighted by molar-refractivity contribution is 7.92. The third-order valence-corrected chi connectivity index (χ3v) is 5.71. The molecule has 3 aromatic carbocycles. The van der Waals surface area contributed by atoms with Crippen molar-refractivity contribution in [1.82, 2.24) is 0 Å². The van der Waals surface area contributed by atoms with Crippen molar-refractivity contribution in [2.45, 2.75) is 4.90 Å². The van der Waals surface area contributed by atoms with E-state index >= 15 is 0 Å². The third kappa shape index (κ3) is 6.24. The maximum absolute atomic E-state index is 13.7. The highest BCUT2D eigenvalue weighted by Crippen LogP contribution is 2.20. The molecule has 0 saturated carbocycles. The van der Waals surface area contributed by atoms with E-state index in [0.29, 0.717) is 12.1 Å². The van der Waals surface area contributed by atoms with Crippen LogP contribution >= 0.6 is 11.6 Å². The number of hydrogen-bond donors (Lipinski definition) is 2. The summed E-state index contributed by atoms with van der Waals surface area (Å²) in [4.78, 5) is 23.6. The van der Waals surface area contributed by atoms with E-state index in [1.54, 1.807) is 0 Å². The van der Waals surface area contributed by atoms with Crippen LogP contribution in [0.5, 0.6) is 0 Å². The first-order valence-corrected chi connectivity index (χ1v) is 10.9. The van der Waals surface area contributed by atoms with Gasteiger partial charge in [-0.05, 0) is 54.6 Å². The van der Waals surface area contributed by atoms with Crippen molar-refractivity contribution >= 4 is 44.9 Å². The van der Waals surface area contributed by atoms with Gasteiger partial charge in [0.15, 0.2) is 18.2 Å². The Bertz CT molecular complexity index is 1340. The molecule has 0 bridgehead atoms. The van der Waals surface area contributed by atoms with E-state index in [1.807, 2.05) is 0 Å². The zero-order valence-electron chi connectivity index (χ0n) is 16.4. The highest BCUT2D eigenvalue weighted by atomic mass is 35.5. The van der Waals surface area contributed by atoms with Crippen LogP contribution in [0.2, 0.25) is 5.02 Å². The Morgan fingerprint density at radius 1 is 0.909 bits per heavy atom. The van der Waals surface area contributed by atoms with E-state index in [1.165, 1.54) is 30.3 Å². The van der Waals surface area contributed by atoms with Gasteiger partial charge in [0.1, 0.15) is 5.82 Å². The van der Waals surface area contributed by atoms with Gasteiger partial charge in [0.2, 0.25) is 0 Å². The van der Waals surface area contributed by atoms with Crippen molar-refractivity contribution in [3.63, 3.8) is 0 Å². The molecule has 0 unspecified atom stereocenters. The normalized spacial score (nSPS) is 11.0. The molecule has 2 N–H and O–H groups in total. The maximum atomic E-state index is 13.7. The first kappa shape index (κ1) is 24.1. The molecule has 0 saturated heterocycles. The van der Waals surface area contributed by atoms with E-state index in [2.05, 4.69) is 10.0 Å². The quantitative estimate of drug-likeness (QED) is 0.471. The summed E-state index contributed by atoms with van der Waals surface area (Å²) in [7, 11) is -4.28. The summed E-state index contributed by atoms with van der Waals surface area (Å²) in [6.07, 6.45) is 0. The van der Waals surface area contributed by atoms with Crippen molar-refractivity contribution in [3.8, 4) is 0 Å². The molecule has 3 aromatic rings. The second kappa shape index (κ2) is 9.92. The Hall–Kier alpha value is -3.57. The molecular weight excluding hydrogens is 485 g/mol. The first-order valence-electron chi connectivity index (χ1n) is 9.05. The molecule has 172 valence electrons. The van der Waals surface area contributed by atoms with Gasteiger partial charge < -0.3 is 10.1 Å². The highest BCUT2D eigenvalue weighted by Gasteiger charge is 2.18. The number of sulfonamides is 1. The van der Waals surface area contributed by atoms with Gasteiger partial charge in [-0.25, -0.2) is 26.4 Å². The molecule has 0 radical (unpaired) electrons. The number of nitrogens with one attached hydrogen (secondary N) is 2. The molecule has 0 heterocycles. The molecule has 7 nitrogen and oxygen atoms in total. The van der Waals surface area contributed by atoms with E-state index in [4.69, 9.17) is 16.3 Å². The van der Waals surface area contributed by atoms with Gasteiger partial charge in [-0.15, -0.1) is 0 Å². The maximum Gasteiger partial charge on any atom is 0.338 e. The summed E-state index contributed by atoms with van der Waals surface area (Å²) in [6, 6.07) is 10.7. The van der Waals surface area contributed by atoms with E-state index in [0.717, 1.165) is 18.2 Å². The number of carbonyl (C=O) groups excluding carboxylic acids is 2. The predicted octanol–water partition coefficient (Wildman–Crippen LogP) is 4.35. The van der Waals surface area contributed by atoms with Gasteiger partial charge >= 0.3 is 5.97 Å². The number of ether oxygens (including phenoxy) is 1. The minimum absolute atomic E-state index is 0.0677. The van der Waals surface area contributed by atoms with Crippen molar-refractivity contribution in [2.75, 3.05) is 16.6 Å². The SMILES string of the molecule is O=C(COC(=O)c1cccc(NS(=O)(=O)c2ccc(F)c(F)c2)c1)Nc1ccc(Cl)cc1F. The van der Waals surface area contributed by atoms with Crippen LogP contribution in [0.4, 0.5) is 24.5 Å². The van der Waals surface area contributed by atoms with E-state index in [9.17, 15) is 31.2 Å². The minimum Gasteiger partial charge on any atom is -0.452 e. The number of amides is 1. The van der Waals surface area contributed by atoms with Gasteiger partial charge in [-0.2, -0.15) is 0 Å². The fraction of sp³-hybridized carbons (Fsp3) is 0.0476. The molecule has 0 fully saturated rings. The number of carbonyl (C=O) groups is 2. The summed E-state index contributed by atoms with van der Waals surface area (Å²) in [5.41, 5.74) is -0.332. The average Bonchev–Trinajstić information content (AvgIpc) is 2.75. The summed E-state index contributed by atoms with van der Waals surface area (Å²) in [6.45, 7) is -0.744. The van der Waals surface area contributed by atoms with E-state index < -0.39 is 50.9 Å². The van der Waals surface area contributed by atoms with Crippen LogP contribution in [-0.2, 0) is 19.6 Å². The van der Waals surface area contributed by atoms with E-state index in [-0.39, 0.29) is 22.0 Å². The van der Waals surface area contributed by atoms with Crippen LogP contribution in [-0.4, -0.2) is 26.9 Å². The minimum atomic E-state index is -4.28. The van der Waals surface area contributed by atoms with Gasteiger partial charge in [-0.1, -0.05) is 17.7 Å². The summed E-state index contributed by atoms with van der Waals surface area (Å²) >= 11 is 5.63. The molecule has 3 rings (SSSR count). The fourth-order valence-electron chi connectivity index (χ4n) is 2.56. The zero-order chi connectivity index (χ0) is 24.2. The fourth-order valence-corrected chi connectivity index (χ4v) is 3.78. The van der Waals surface area contributed by atoms with Gasteiger partial charge in [0, 0.05) is 10.7 Å². The van der Waals surface area contributed by atoms with Crippen LogP contribution in [0.3, 0.4) is 0 Å². The Morgan fingerprint density at radius 3 is 2.36 bits per heavy atom. The summed E-state index contributed by atoms with van der Waals surface area (Å²) < 4.78 is 71.9. The predicted molar refractivity (Wildman–Crippen MR) is 114 cm³/mol. The molecule has 0 aliphatic carbocycles. The second-order valence-electron chi connectivity index (χ2n) is 6.51. The molecule has 0 aliphatic rings. The zero-order valence-corrected chi connectivity index (χ0v) is 18.0. The lowest BCUT2D eigenvalue weighted by Gasteiger charge is -2.10. The molecule has 12 heteroatoms. The molecule has 0 spiro atoms. The number of halogens is 4. The number of anilines is 2. The number of benzene rings is 3. The van der Waals surface area contributed by atoms with Crippen LogP contribution in [0.25, 0.3) is 0 Å². The van der Waals surface area contributed by atoms with Gasteiger partial charge in [0.05, 0.1) is 16.1 Å². The molecule has 1 amide bonds. The first-order chi connectivity index (χ1) is 15.5. The molecule has 0 atom stereocenters. The van der Waals surface area contributed by atoms with Crippen LogP contribution in [0.15, 0.2) is 65.6 Å². The Kier molecular flexibility index (Phi) is 7.24. The standard InChI is InChI=1S/C21H14ClF3N2O5S/c22-13-4-7-19(18(25)9-13)26-20(28)11-32-21(29)12-2-1-3-14(8-12)27-33(30,31)15-5-6-16(23)17(24)10-15/h1-10,27H,11H2,(H,26,28). The number of hydrogen-bond acceptors (Lipinski definition) is 5. The van der Waals surface area contributed by atoms with Crippen molar-refractivity contribution in [1.29, 1.82) is 0 Å². The molecular formula is C21H14ClF3N2O5S. The van der Waals surface area contributed by atoms with Crippen LogP contribution < -0.4 is 10.0 Å². The largest absolute Gasteiger partial charge is 0.452 e. The lowest BCUT2D eigenvalue weighted by atomic mass is 10.2. The monoisotopic (exact) mass is 498 g/mol. The Morgan fingerprint density at radius 2 is 1.67 bits per heavy atom. The van der Waals surface area contributed by atoms with Gasteiger partial charge in [-0.3, -0.25) is 9.52 Å². The smallest absolute Gasteiger partial charge is 0.338 e. The Balaban J connectivity index is 1.64. The van der Waals surface area contributed by atoms with Gasteiger partial charge in [0.25, 0.3) is 15.9 Å². The lowest BCUT2D eigenvalue weighted by Crippen LogP contribution is -2.21. The lowest BCUT2D eigenvalue weighted by molar-refractivity contribution is -0.119. The van der Waals surface area contributed by atoms with Crippen molar-refractivity contribution in [2.24, 2.45) is 0 Å². The molecule has 0 aliphatic heterocycles. The number of esters is 1. The third-order valence-electron chi connectivity index (χ3n) is 4.09. The second-order valence-corrected chi connectivity index (χ2v) is 8.63. The number of rotatable bonds is 7. The topological polar surface area (TPSA) is 102 Å².